The van der Waals surface area contributed by atoms with Crippen molar-refractivity contribution in [3.05, 3.63) is 30.3 Å². The van der Waals surface area contributed by atoms with Gasteiger partial charge in [0.05, 0.1) is 0 Å². The van der Waals surface area contributed by atoms with Crippen LogP contribution in [0.4, 0.5) is 0 Å². The van der Waals surface area contributed by atoms with E-state index in [0.717, 1.165) is 6.07 Å². The molecule has 0 bridgehead atoms. The summed E-state index contributed by atoms with van der Waals surface area (Å²) < 4.78 is 98.8. The van der Waals surface area contributed by atoms with Crippen molar-refractivity contribution in [2.24, 2.45) is 0 Å². The van der Waals surface area contributed by atoms with Crippen molar-refractivity contribution in [1.29, 1.82) is 0 Å². The summed E-state index contributed by atoms with van der Waals surface area (Å²) in [4.78, 5) is -2.83. The summed E-state index contributed by atoms with van der Waals surface area (Å²) in [5.74, 6) is -1.17. The van der Waals surface area contributed by atoms with Gasteiger partial charge in [-0.1, -0.05) is 24.3 Å². The maximum atomic E-state index is 11.5. The smallest absolute Gasteiger partial charge is 0.360 e. The topological polar surface area (TPSA) is 172 Å². The Morgan fingerprint density at radius 2 is 1.39 bits per heavy atom. The fourth-order valence-electron chi connectivity index (χ4n) is 1.89. The average molecular weight is 384 g/mol. The molecule has 23 heavy (non-hydrogen) atoms. The fourth-order valence-corrected chi connectivity index (χ4v) is 4.26. The van der Waals surface area contributed by atoms with E-state index in [1.54, 1.807) is 0 Å². The molecule has 2 aromatic rings. The van der Waals surface area contributed by atoms with Gasteiger partial charge in [0.25, 0.3) is 20.2 Å². The molecule has 0 aliphatic carbocycles. The van der Waals surface area contributed by atoms with Gasteiger partial charge in [-0.05, 0) is 11.5 Å². The highest BCUT2D eigenvalue weighted by Crippen LogP contribution is 2.38. The normalized spacial score (nSPS) is 13.2. The Bertz CT molecular complexity index is 1100. The largest absolute Gasteiger partial charge is 0.446 e. The van der Waals surface area contributed by atoms with Crippen molar-refractivity contribution in [2.75, 3.05) is 0 Å². The molecule has 0 aliphatic rings. The number of benzene rings is 2. The highest BCUT2D eigenvalue weighted by Gasteiger charge is 2.32. The summed E-state index contributed by atoms with van der Waals surface area (Å²) in [6, 6.07) is 5.85. The molecule has 0 amide bonds. The lowest BCUT2D eigenvalue weighted by molar-refractivity contribution is 0.381. The summed E-state index contributed by atoms with van der Waals surface area (Å²) in [6.45, 7) is 0. The molecule has 13 heteroatoms. The lowest BCUT2D eigenvalue weighted by atomic mass is 10.1. The number of hydrogen-bond donors (Lipinski definition) is 3. The molecule has 10 nitrogen and oxygen atoms in total. The monoisotopic (exact) mass is 384 g/mol. The van der Waals surface area contributed by atoms with E-state index in [2.05, 4.69) is 4.18 Å². The zero-order valence-electron chi connectivity index (χ0n) is 10.8. The predicted octanol–water partition coefficient (Wildman–Crippen LogP) is 0.515. The van der Waals surface area contributed by atoms with Crippen LogP contribution in [-0.4, -0.2) is 38.9 Å². The first kappa shape index (κ1) is 17.6. The number of rotatable bonds is 4. The number of hydrogen-bond acceptors (Lipinski definition) is 7. The molecule has 126 valence electrons. The molecule has 0 fully saturated rings. The molecule has 2 aromatic carbocycles. The van der Waals surface area contributed by atoms with Gasteiger partial charge in [-0.3, -0.25) is 13.7 Å². The second-order valence-corrected chi connectivity index (χ2v) is 7.99. The van der Waals surface area contributed by atoms with Crippen molar-refractivity contribution in [1.82, 2.24) is 0 Å². The van der Waals surface area contributed by atoms with Gasteiger partial charge >= 0.3 is 10.4 Å². The van der Waals surface area contributed by atoms with Crippen molar-refractivity contribution in [2.45, 2.75) is 9.79 Å². The minimum Gasteiger partial charge on any atom is -0.360 e. The van der Waals surface area contributed by atoms with Crippen LogP contribution in [0, 0.1) is 0 Å². The lowest BCUT2D eigenvalue weighted by Crippen LogP contribution is -2.14. The van der Waals surface area contributed by atoms with E-state index in [9.17, 15) is 29.8 Å². The minimum atomic E-state index is -5.35. The van der Waals surface area contributed by atoms with E-state index >= 15 is 0 Å². The summed E-state index contributed by atoms with van der Waals surface area (Å²) in [6.07, 6.45) is 0. The molecule has 0 heterocycles. The van der Waals surface area contributed by atoms with Crippen LogP contribution in [0.5, 0.6) is 5.75 Å². The zero-order valence-corrected chi connectivity index (χ0v) is 13.3. The Morgan fingerprint density at radius 1 is 0.826 bits per heavy atom. The standard InChI is InChI=1S/C10H8O10S3/c11-21(12,13)8-5-6-3-1-2-4-7(6)9(20-23(17,18)19)10(8)22(14,15)16/h1-5H,(H,11,12,13)(H,14,15,16)(H,17,18,19). The Kier molecular flexibility index (Phi) is 4.13. The van der Waals surface area contributed by atoms with Gasteiger partial charge in [0.15, 0.2) is 10.6 Å². The Balaban J connectivity index is 3.15. The van der Waals surface area contributed by atoms with Crippen LogP contribution in [0.1, 0.15) is 0 Å². The van der Waals surface area contributed by atoms with Crippen molar-refractivity contribution in [3.8, 4) is 5.75 Å². The van der Waals surface area contributed by atoms with E-state index in [1.165, 1.54) is 18.2 Å². The first-order valence-corrected chi connectivity index (χ1v) is 9.73. The van der Waals surface area contributed by atoms with E-state index in [4.69, 9.17) is 9.11 Å². The van der Waals surface area contributed by atoms with E-state index < -0.39 is 46.2 Å². The van der Waals surface area contributed by atoms with Crippen LogP contribution in [0.2, 0.25) is 0 Å². The van der Waals surface area contributed by atoms with Crippen LogP contribution in [0.25, 0.3) is 10.8 Å². The molecule has 0 radical (unpaired) electrons. The molecular weight excluding hydrogens is 376 g/mol. The van der Waals surface area contributed by atoms with Crippen molar-refractivity contribution >= 4 is 41.4 Å². The molecule has 0 saturated heterocycles. The van der Waals surface area contributed by atoms with Crippen LogP contribution < -0.4 is 4.18 Å². The average Bonchev–Trinajstić information content (AvgIpc) is 2.34. The van der Waals surface area contributed by atoms with Gasteiger partial charge < -0.3 is 4.18 Å². The maximum Gasteiger partial charge on any atom is 0.446 e. The van der Waals surface area contributed by atoms with Gasteiger partial charge in [0.2, 0.25) is 0 Å². The summed E-state index contributed by atoms with van der Waals surface area (Å²) in [5.41, 5.74) is 0. The summed E-state index contributed by atoms with van der Waals surface area (Å²) >= 11 is 0. The Morgan fingerprint density at radius 3 is 1.87 bits per heavy atom. The van der Waals surface area contributed by atoms with E-state index in [1.807, 2.05) is 0 Å². The quantitative estimate of drug-likeness (QED) is 0.630. The van der Waals surface area contributed by atoms with Crippen molar-refractivity contribution in [3.63, 3.8) is 0 Å². The van der Waals surface area contributed by atoms with Crippen LogP contribution in [0.15, 0.2) is 40.1 Å². The van der Waals surface area contributed by atoms with Crippen LogP contribution in [-0.2, 0) is 30.6 Å². The van der Waals surface area contributed by atoms with Crippen LogP contribution >= 0.6 is 0 Å². The van der Waals surface area contributed by atoms with Gasteiger partial charge in [-0.25, -0.2) is 0 Å². The van der Waals surface area contributed by atoms with Gasteiger partial charge in [0, 0.05) is 5.39 Å². The third-order valence-electron chi connectivity index (χ3n) is 2.65. The first-order chi connectivity index (χ1) is 10.3. The molecule has 0 saturated carbocycles. The number of fused-ring (bicyclic) bond motifs is 1. The highest BCUT2D eigenvalue weighted by molar-refractivity contribution is 7.89. The third kappa shape index (κ3) is 3.77. The SMILES string of the molecule is O=S(=O)(O)Oc1c(S(=O)(=O)O)c(S(=O)(=O)O)cc2ccccc12. The first-order valence-electron chi connectivity index (χ1n) is 5.48. The van der Waals surface area contributed by atoms with Gasteiger partial charge in [0.1, 0.15) is 4.90 Å². The van der Waals surface area contributed by atoms with E-state index in [0.29, 0.717) is 6.07 Å². The van der Waals surface area contributed by atoms with Crippen LogP contribution in [0.3, 0.4) is 0 Å². The minimum absolute atomic E-state index is 0.0359. The molecule has 2 rings (SSSR count). The maximum absolute atomic E-state index is 11.5. The second-order valence-electron chi connectivity index (χ2n) is 4.22. The molecule has 0 spiro atoms. The Labute approximate surface area is 130 Å². The molecule has 0 atom stereocenters. The van der Waals surface area contributed by atoms with Crippen molar-refractivity contribution < 1.29 is 43.1 Å². The molecule has 0 aromatic heterocycles. The molecule has 0 unspecified atom stereocenters. The van der Waals surface area contributed by atoms with Gasteiger partial charge in [-0.15, -0.1) is 0 Å². The lowest BCUT2D eigenvalue weighted by Gasteiger charge is -2.13. The Hall–Kier alpha value is -1.77. The molecule has 0 aliphatic heterocycles. The summed E-state index contributed by atoms with van der Waals surface area (Å²) in [7, 11) is -15.8. The fraction of sp³-hybridized carbons (Fsp3) is 0. The zero-order chi connectivity index (χ0) is 17.6. The second kappa shape index (κ2) is 5.40. The molecular formula is C10H8O10S3. The van der Waals surface area contributed by atoms with E-state index in [-0.39, 0.29) is 10.8 Å². The predicted molar refractivity (Wildman–Crippen MR) is 75.8 cm³/mol. The highest BCUT2D eigenvalue weighted by atomic mass is 32.3. The summed E-state index contributed by atoms with van der Waals surface area (Å²) in [5, 5.41) is -0.281. The molecule has 3 N–H and O–H groups in total. The third-order valence-corrected chi connectivity index (χ3v) is 4.95. The van der Waals surface area contributed by atoms with Gasteiger partial charge in [-0.2, -0.15) is 25.3 Å².